The average Bonchev–Trinajstić information content (AvgIpc) is 3.05. The summed E-state index contributed by atoms with van der Waals surface area (Å²) in [5.41, 5.74) is 0.0874. The maximum atomic E-state index is 13.3. The minimum atomic E-state index is -0.565. The monoisotopic (exact) mass is 236 g/mol. The Hall–Kier alpha value is -1.91. The number of hydrogen-bond donors (Lipinski definition) is 1. The Kier molecular flexibility index (Phi) is 3.08. The number of hydrogen-bond acceptors (Lipinski definition) is 2. The molecule has 1 aromatic carbocycles. The lowest BCUT2D eigenvalue weighted by Gasteiger charge is -2.19. The molecular weight excluding hydrogens is 223 g/mol. The van der Waals surface area contributed by atoms with Crippen molar-refractivity contribution in [3.8, 4) is 0 Å². The fourth-order valence-corrected chi connectivity index (χ4v) is 1.64. The molecule has 90 valence electrons. The van der Waals surface area contributed by atoms with E-state index in [1.165, 1.54) is 25.1 Å². The normalized spacial score (nSPS) is 14.2. The second-order valence-corrected chi connectivity index (χ2v) is 4.03. The highest BCUT2D eigenvalue weighted by molar-refractivity contribution is 6.01. The van der Waals surface area contributed by atoms with Gasteiger partial charge in [-0.2, -0.15) is 0 Å². The molecule has 1 aromatic rings. The van der Waals surface area contributed by atoms with E-state index in [-0.39, 0.29) is 17.6 Å². The van der Waals surface area contributed by atoms with Crippen molar-refractivity contribution < 1.29 is 14.0 Å². The van der Waals surface area contributed by atoms with Crippen LogP contribution in [0.4, 0.5) is 14.9 Å². The highest BCUT2D eigenvalue weighted by atomic mass is 19.1. The first kappa shape index (κ1) is 11.6. The second-order valence-electron chi connectivity index (χ2n) is 4.03. The van der Waals surface area contributed by atoms with E-state index in [0.717, 1.165) is 17.7 Å². The lowest BCUT2D eigenvalue weighted by atomic mass is 10.3. The molecule has 4 nitrogen and oxygen atoms in total. The van der Waals surface area contributed by atoms with Crippen molar-refractivity contribution in [2.24, 2.45) is 0 Å². The maximum Gasteiger partial charge on any atom is 0.328 e. The summed E-state index contributed by atoms with van der Waals surface area (Å²) in [5.74, 6) is -0.832. The lowest BCUT2D eigenvalue weighted by Crippen LogP contribution is -2.40. The molecular formula is C12H13FN2O2. The van der Waals surface area contributed by atoms with E-state index in [4.69, 9.17) is 0 Å². The number of carbonyl (C=O) groups is 2. The van der Waals surface area contributed by atoms with Gasteiger partial charge in [-0.1, -0.05) is 12.1 Å². The minimum absolute atomic E-state index is 0.0285. The Bertz CT molecular complexity index is 458. The van der Waals surface area contributed by atoms with Crippen LogP contribution in [-0.2, 0) is 4.79 Å². The number of imide groups is 1. The van der Waals surface area contributed by atoms with Crippen LogP contribution >= 0.6 is 0 Å². The van der Waals surface area contributed by atoms with Gasteiger partial charge in [0.2, 0.25) is 5.91 Å². The summed E-state index contributed by atoms with van der Waals surface area (Å²) in [6.45, 7) is 1.33. The van der Waals surface area contributed by atoms with Gasteiger partial charge in [-0.3, -0.25) is 9.69 Å². The number of para-hydroxylation sites is 1. The maximum absolute atomic E-state index is 13.3. The topological polar surface area (TPSA) is 49.4 Å². The van der Waals surface area contributed by atoms with Crippen molar-refractivity contribution in [1.29, 1.82) is 0 Å². The number of urea groups is 1. The Balaban J connectivity index is 2.10. The van der Waals surface area contributed by atoms with Crippen molar-refractivity contribution in [3.05, 3.63) is 30.1 Å². The standard InChI is InChI=1S/C12H13FN2O2/c1-8(16)15(9-6-7-9)12(17)14-11-5-3-2-4-10(11)13/h2-5,9H,6-7H2,1H3,(H,14,17). The molecule has 0 saturated heterocycles. The summed E-state index contributed by atoms with van der Waals surface area (Å²) in [6, 6.07) is 5.27. The number of carbonyl (C=O) groups excluding carboxylic acids is 2. The number of anilines is 1. The highest BCUT2D eigenvalue weighted by Gasteiger charge is 2.35. The smallest absolute Gasteiger partial charge is 0.305 e. The molecule has 0 aromatic heterocycles. The van der Waals surface area contributed by atoms with Crippen LogP contribution in [0.3, 0.4) is 0 Å². The lowest BCUT2D eigenvalue weighted by molar-refractivity contribution is -0.126. The Morgan fingerprint density at radius 3 is 2.53 bits per heavy atom. The van der Waals surface area contributed by atoms with Crippen molar-refractivity contribution in [1.82, 2.24) is 4.90 Å². The van der Waals surface area contributed by atoms with Crippen LogP contribution in [0.1, 0.15) is 19.8 Å². The zero-order valence-corrected chi connectivity index (χ0v) is 9.44. The third-order valence-electron chi connectivity index (χ3n) is 2.59. The molecule has 0 bridgehead atoms. The Morgan fingerprint density at radius 2 is 2.00 bits per heavy atom. The molecule has 1 N–H and O–H groups in total. The van der Waals surface area contributed by atoms with Crippen LogP contribution < -0.4 is 5.32 Å². The molecule has 0 heterocycles. The number of nitrogens with one attached hydrogen (secondary N) is 1. The van der Waals surface area contributed by atoms with Gasteiger partial charge in [0, 0.05) is 13.0 Å². The van der Waals surface area contributed by atoms with Crippen molar-refractivity contribution in [3.63, 3.8) is 0 Å². The van der Waals surface area contributed by atoms with Crippen LogP contribution in [0.2, 0.25) is 0 Å². The third kappa shape index (κ3) is 2.61. The summed E-state index contributed by atoms with van der Waals surface area (Å²) in [6.07, 6.45) is 1.65. The summed E-state index contributed by atoms with van der Waals surface area (Å²) in [7, 11) is 0. The average molecular weight is 236 g/mol. The minimum Gasteiger partial charge on any atom is -0.305 e. The molecule has 0 aliphatic heterocycles. The zero-order chi connectivity index (χ0) is 12.4. The van der Waals surface area contributed by atoms with Gasteiger partial charge in [0.25, 0.3) is 0 Å². The highest BCUT2D eigenvalue weighted by Crippen LogP contribution is 2.27. The van der Waals surface area contributed by atoms with Gasteiger partial charge in [0.1, 0.15) is 5.82 Å². The molecule has 0 atom stereocenters. The second kappa shape index (κ2) is 4.53. The first-order valence-electron chi connectivity index (χ1n) is 5.45. The van der Waals surface area contributed by atoms with Gasteiger partial charge < -0.3 is 5.32 Å². The molecule has 3 amide bonds. The largest absolute Gasteiger partial charge is 0.328 e. The molecule has 1 saturated carbocycles. The fourth-order valence-electron chi connectivity index (χ4n) is 1.64. The van der Waals surface area contributed by atoms with Crippen LogP contribution in [0.5, 0.6) is 0 Å². The van der Waals surface area contributed by atoms with Crippen LogP contribution in [0.25, 0.3) is 0 Å². The van der Waals surface area contributed by atoms with E-state index in [2.05, 4.69) is 5.32 Å². The third-order valence-corrected chi connectivity index (χ3v) is 2.59. The molecule has 2 rings (SSSR count). The van der Waals surface area contributed by atoms with Crippen LogP contribution in [-0.4, -0.2) is 22.9 Å². The number of rotatable bonds is 2. The summed E-state index contributed by atoms with van der Waals surface area (Å²) >= 11 is 0. The Morgan fingerprint density at radius 1 is 1.35 bits per heavy atom. The van der Waals surface area contributed by atoms with E-state index in [0.29, 0.717) is 0 Å². The van der Waals surface area contributed by atoms with Gasteiger partial charge in [-0.05, 0) is 25.0 Å². The molecule has 0 radical (unpaired) electrons. The van der Waals surface area contributed by atoms with Crippen LogP contribution in [0, 0.1) is 5.82 Å². The van der Waals surface area contributed by atoms with Crippen molar-refractivity contribution >= 4 is 17.6 Å². The van der Waals surface area contributed by atoms with Gasteiger partial charge in [-0.25, -0.2) is 9.18 Å². The molecule has 17 heavy (non-hydrogen) atoms. The van der Waals surface area contributed by atoms with Gasteiger partial charge in [0.15, 0.2) is 0 Å². The number of halogens is 1. The summed E-state index contributed by atoms with van der Waals surface area (Å²) in [5, 5.41) is 2.40. The van der Waals surface area contributed by atoms with Crippen molar-refractivity contribution in [2.45, 2.75) is 25.8 Å². The fraction of sp³-hybridized carbons (Fsp3) is 0.333. The predicted octanol–water partition coefficient (Wildman–Crippen LogP) is 2.37. The first-order chi connectivity index (χ1) is 8.09. The van der Waals surface area contributed by atoms with Gasteiger partial charge in [-0.15, -0.1) is 0 Å². The van der Waals surface area contributed by atoms with Gasteiger partial charge in [0.05, 0.1) is 5.69 Å². The van der Waals surface area contributed by atoms with Crippen LogP contribution in [0.15, 0.2) is 24.3 Å². The zero-order valence-electron chi connectivity index (χ0n) is 9.44. The van der Waals surface area contributed by atoms with E-state index in [1.54, 1.807) is 6.07 Å². The molecule has 1 aliphatic rings. The predicted molar refractivity (Wildman–Crippen MR) is 61.0 cm³/mol. The Labute approximate surface area is 98.4 Å². The molecule has 1 fully saturated rings. The quantitative estimate of drug-likeness (QED) is 0.857. The van der Waals surface area contributed by atoms with Gasteiger partial charge >= 0.3 is 6.03 Å². The summed E-state index contributed by atoms with van der Waals surface area (Å²) in [4.78, 5) is 24.3. The number of nitrogens with zero attached hydrogens (tertiary/aromatic N) is 1. The number of benzene rings is 1. The SMILES string of the molecule is CC(=O)N(C(=O)Nc1ccccc1F)C1CC1. The van der Waals surface area contributed by atoms with E-state index < -0.39 is 11.8 Å². The van der Waals surface area contributed by atoms with E-state index >= 15 is 0 Å². The van der Waals surface area contributed by atoms with E-state index in [9.17, 15) is 14.0 Å². The van der Waals surface area contributed by atoms with Crippen molar-refractivity contribution in [2.75, 3.05) is 5.32 Å². The molecule has 5 heteroatoms. The first-order valence-corrected chi connectivity index (χ1v) is 5.45. The molecule has 0 spiro atoms. The van der Waals surface area contributed by atoms with E-state index in [1.807, 2.05) is 0 Å². The summed E-state index contributed by atoms with van der Waals surface area (Å²) < 4.78 is 13.3. The number of amides is 3. The molecule has 0 unspecified atom stereocenters. The molecule has 1 aliphatic carbocycles.